The standard InChI is InChI=1S/C18H20N4O3/c1-11-6-5-7-12(19-11)10-22(2)18-20-14-9-16(25-4)15(24-3)8-13(14)17(23)21-18/h5-9H,10H2,1-4H3,(H,20,21,23). The highest BCUT2D eigenvalue weighted by Crippen LogP contribution is 2.30. The number of pyridine rings is 1. The minimum atomic E-state index is -0.231. The van der Waals surface area contributed by atoms with Crippen LogP contribution in [0, 0.1) is 6.92 Å². The third-order valence-corrected chi connectivity index (χ3v) is 3.90. The molecular weight excluding hydrogens is 320 g/mol. The first-order valence-corrected chi connectivity index (χ1v) is 7.81. The molecule has 0 amide bonds. The number of H-pyrrole nitrogens is 1. The molecule has 0 saturated heterocycles. The molecule has 0 atom stereocenters. The zero-order valence-electron chi connectivity index (χ0n) is 14.7. The van der Waals surface area contributed by atoms with E-state index >= 15 is 0 Å². The van der Waals surface area contributed by atoms with Crippen LogP contribution in [-0.2, 0) is 6.54 Å². The van der Waals surface area contributed by atoms with Crippen LogP contribution in [0.5, 0.6) is 11.5 Å². The van der Waals surface area contributed by atoms with Gasteiger partial charge < -0.3 is 14.4 Å². The fraction of sp³-hybridized carbons (Fsp3) is 0.278. The molecule has 0 radical (unpaired) electrons. The van der Waals surface area contributed by atoms with Crippen molar-refractivity contribution in [1.82, 2.24) is 15.0 Å². The van der Waals surface area contributed by atoms with Crippen LogP contribution < -0.4 is 19.9 Å². The van der Waals surface area contributed by atoms with Gasteiger partial charge in [0.1, 0.15) is 0 Å². The van der Waals surface area contributed by atoms with E-state index in [0.717, 1.165) is 11.4 Å². The number of nitrogens with zero attached hydrogens (tertiary/aromatic N) is 3. The summed E-state index contributed by atoms with van der Waals surface area (Å²) in [5.74, 6) is 1.49. The van der Waals surface area contributed by atoms with Crippen molar-refractivity contribution in [2.75, 3.05) is 26.2 Å². The number of rotatable bonds is 5. The molecule has 0 unspecified atom stereocenters. The number of hydrogen-bond acceptors (Lipinski definition) is 6. The van der Waals surface area contributed by atoms with E-state index in [0.29, 0.717) is 34.9 Å². The molecule has 2 heterocycles. The van der Waals surface area contributed by atoms with Crippen molar-refractivity contribution in [3.8, 4) is 11.5 Å². The van der Waals surface area contributed by atoms with E-state index in [1.165, 1.54) is 7.11 Å². The number of aromatic nitrogens is 3. The summed E-state index contributed by atoms with van der Waals surface area (Å²) in [6.07, 6.45) is 0. The van der Waals surface area contributed by atoms with Gasteiger partial charge in [-0.2, -0.15) is 0 Å². The van der Waals surface area contributed by atoms with Crippen LogP contribution in [0.15, 0.2) is 35.1 Å². The second kappa shape index (κ2) is 6.80. The molecule has 0 spiro atoms. The Hall–Kier alpha value is -3.09. The highest BCUT2D eigenvalue weighted by molar-refractivity contribution is 5.82. The number of anilines is 1. The molecule has 0 fully saturated rings. The Balaban J connectivity index is 2.00. The van der Waals surface area contributed by atoms with E-state index < -0.39 is 0 Å². The number of hydrogen-bond donors (Lipinski definition) is 1. The molecule has 3 aromatic rings. The molecule has 0 aliphatic heterocycles. The van der Waals surface area contributed by atoms with E-state index in [1.807, 2.05) is 37.1 Å². The molecule has 25 heavy (non-hydrogen) atoms. The molecule has 130 valence electrons. The van der Waals surface area contributed by atoms with Gasteiger partial charge in [-0.1, -0.05) is 6.07 Å². The number of benzene rings is 1. The lowest BCUT2D eigenvalue weighted by Crippen LogP contribution is -2.23. The van der Waals surface area contributed by atoms with Crippen LogP contribution in [0.25, 0.3) is 10.9 Å². The highest BCUT2D eigenvalue weighted by atomic mass is 16.5. The molecular formula is C18H20N4O3. The van der Waals surface area contributed by atoms with Crippen molar-refractivity contribution in [3.63, 3.8) is 0 Å². The molecule has 1 N–H and O–H groups in total. The molecule has 7 nitrogen and oxygen atoms in total. The van der Waals surface area contributed by atoms with Gasteiger partial charge in [-0.15, -0.1) is 0 Å². The SMILES string of the molecule is COc1cc2nc(N(C)Cc3cccc(C)n3)[nH]c(=O)c2cc1OC. The number of aromatic amines is 1. The summed E-state index contributed by atoms with van der Waals surface area (Å²) in [5.41, 5.74) is 2.16. The summed E-state index contributed by atoms with van der Waals surface area (Å²) >= 11 is 0. The van der Waals surface area contributed by atoms with Gasteiger partial charge in [-0.05, 0) is 25.1 Å². The number of ether oxygens (including phenoxy) is 2. The second-order valence-corrected chi connectivity index (χ2v) is 5.74. The lowest BCUT2D eigenvalue weighted by Gasteiger charge is -2.18. The Morgan fingerprint density at radius 3 is 2.52 bits per heavy atom. The van der Waals surface area contributed by atoms with Gasteiger partial charge in [0.05, 0.1) is 37.4 Å². The predicted octanol–water partition coefficient (Wildman–Crippen LogP) is 2.28. The monoisotopic (exact) mass is 340 g/mol. The molecule has 2 aromatic heterocycles. The third-order valence-electron chi connectivity index (χ3n) is 3.90. The Kier molecular flexibility index (Phi) is 4.56. The van der Waals surface area contributed by atoms with Crippen LogP contribution in [0.1, 0.15) is 11.4 Å². The van der Waals surface area contributed by atoms with Crippen molar-refractivity contribution in [1.29, 1.82) is 0 Å². The predicted molar refractivity (Wildman–Crippen MR) is 96.5 cm³/mol. The molecule has 0 aliphatic carbocycles. The van der Waals surface area contributed by atoms with Crippen molar-refractivity contribution < 1.29 is 9.47 Å². The van der Waals surface area contributed by atoms with Crippen molar-refractivity contribution in [2.24, 2.45) is 0 Å². The Bertz CT molecular complexity index is 968. The highest BCUT2D eigenvalue weighted by Gasteiger charge is 2.13. The average molecular weight is 340 g/mol. The average Bonchev–Trinajstić information content (AvgIpc) is 2.60. The maximum absolute atomic E-state index is 12.4. The minimum Gasteiger partial charge on any atom is -0.493 e. The fourth-order valence-corrected chi connectivity index (χ4v) is 2.64. The van der Waals surface area contributed by atoms with Crippen LogP contribution in [-0.4, -0.2) is 36.2 Å². The van der Waals surface area contributed by atoms with E-state index in [1.54, 1.807) is 19.2 Å². The molecule has 3 rings (SSSR count). The van der Waals surface area contributed by atoms with Crippen LogP contribution in [0.3, 0.4) is 0 Å². The quantitative estimate of drug-likeness (QED) is 0.767. The second-order valence-electron chi connectivity index (χ2n) is 5.74. The van der Waals surface area contributed by atoms with E-state index in [2.05, 4.69) is 15.0 Å². The number of fused-ring (bicyclic) bond motifs is 1. The zero-order chi connectivity index (χ0) is 18.0. The van der Waals surface area contributed by atoms with E-state index in [-0.39, 0.29) is 5.56 Å². The lowest BCUT2D eigenvalue weighted by molar-refractivity contribution is 0.355. The first-order valence-electron chi connectivity index (χ1n) is 7.81. The third kappa shape index (κ3) is 3.40. The van der Waals surface area contributed by atoms with Crippen molar-refractivity contribution in [3.05, 3.63) is 52.1 Å². The normalized spacial score (nSPS) is 10.7. The summed E-state index contributed by atoms with van der Waals surface area (Å²) in [6.45, 7) is 2.47. The van der Waals surface area contributed by atoms with Gasteiger partial charge in [-0.25, -0.2) is 4.98 Å². The zero-order valence-corrected chi connectivity index (χ0v) is 14.7. The van der Waals surface area contributed by atoms with E-state index in [9.17, 15) is 4.79 Å². The van der Waals surface area contributed by atoms with Gasteiger partial charge in [0.25, 0.3) is 5.56 Å². The molecule has 7 heteroatoms. The molecule has 0 saturated carbocycles. The summed E-state index contributed by atoms with van der Waals surface area (Å²) in [6, 6.07) is 9.17. The fourth-order valence-electron chi connectivity index (χ4n) is 2.64. The van der Waals surface area contributed by atoms with Crippen LogP contribution in [0.2, 0.25) is 0 Å². The first kappa shape index (κ1) is 16.8. The van der Waals surface area contributed by atoms with Crippen LogP contribution >= 0.6 is 0 Å². The van der Waals surface area contributed by atoms with Gasteiger partial charge >= 0.3 is 0 Å². The van der Waals surface area contributed by atoms with Gasteiger partial charge in [0.15, 0.2) is 11.5 Å². The van der Waals surface area contributed by atoms with Gasteiger partial charge in [0, 0.05) is 18.8 Å². The molecule has 0 aliphatic rings. The topological polar surface area (TPSA) is 80.3 Å². The molecule has 0 bridgehead atoms. The summed E-state index contributed by atoms with van der Waals surface area (Å²) in [5, 5.41) is 0.448. The number of nitrogens with one attached hydrogen (secondary N) is 1. The number of aryl methyl sites for hydroxylation is 1. The lowest BCUT2D eigenvalue weighted by atomic mass is 10.2. The minimum absolute atomic E-state index is 0.231. The summed E-state index contributed by atoms with van der Waals surface area (Å²) in [4.78, 5) is 26.1. The maximum atomic E-state index is 12.4. The molecule has 1 aromatic carbocycles. The summed E-state index contributed by atoms with van der Waals surface area (Å²) < 4.78 is 10.5. The van der Waals surface area contributed by atoms with Crippen molar-refractivity contribution >= 4 is 16.9 Å². The largest absolute Gasteiger partial charge is 0.493 e. The van der Waals surface area contributed by atoms with Crippen LogP contribution in [0.4, 0.5) is 5.95 Å². The smallest absolute Gasteiger partial charge is 0.260 e. The Morgan fingerprint density at radius 1 is 1.12 bits per heavy atom. The number of methoxy groups -OCH3 is 2. The van der Waals surface area contributed by atoms with Gasteiger partial charge in [0.2, 0.25) is 5.95 Å². The maximum Gasteiger partial charge on any atom is 0.260 e. The Morgan fingerprint density at radius 2 is 1.84 bits per heavy atom. The van der Waals surface area contributed by atoms with Crippen molar-refractivity contribution in [2.45, 2.75) is 13.5 Å². The summed E-state index contributed by atoms with van der Waals surface area (Å²) in [7, 11) is 4.93. The van der Waals surface area contributed by atoms with E-state index in [4.69, 9.17) is 9.47 Å². The first-order chi connectivity index (χ1) is 12.0. The van der Waals surface area contributed by atoms with Gasteiger partial charge in [-0.3, -0.25) is 14.8 Å². The Labute approximate surface area is 145 Å².